The lowest BCUT2D eigenvalue weighted by Crippen LogP contribution is -2.15. The maximum Gasteiger partial charge on any atom is 0.332 e. The topological polar surface area (TPSA) is 107 Å². The van der Waals surface area contributed by atoms with Crippen molar-refractivity contribution in [1.82, 2.24) is 19.5 Å². The van der Waals surface area contributed by atoms with Crippen LogP contribution >= 0.6 is 0 Å². The molecule has 0 saturated heterocycles. The molecular weight excluding hydrogens is 361 g/mol. The highest BCUT2D eigenvalue weighted by Gasteiger charge is 2.20. The summed E-state index contributed by atoms with van der Waals surface area (Å²) in [5.74, 6) is -0.941. The van der Waals surface area contributed by atoms with E-state index in [2.05, 4.69) is 15.0 Å². The average molecular weight is 377 g/mol. The number of hydrogen-bond donors (Lipinski definition) is 2. The molecular formula is C20H16FN5O2. The van der Waals surface area contributed by atoms with Crippen LogP contribution in [-0.2, 0) is 0 Å². The number of aromatic amines is 1. The minimum absolute atomic E-state index is 0.0844. The Bertz CT molecular complexity index is 1290. The molecule has 7 nitrogen and oxygen atoms in total. The van der Waals surface area contributed by atoms with E-state index in [1.807, 2.05) is 32.0 Å². The molecule has 3 N–H and O–H groups in total. The summed E-state index contributed by atoms with van der Waals surface area (Å²) in [4.78, 5) is 36.0. The number of amides is 1. The number of hydrogen-bond acceptors (Lipinski definition) is 4. The lowest BCUT2D eigenvalue weighted by atomic mass is 10.0. The number of benzene rings is 2. The molecule has 0 bridgehead atoms. The van der Waals surface area contributed by atoms with Gasteiger partial charge in [0.15, 0.2) is 17.2 Å². The van der Waals surface area contributed by atoms with Gasteiger partial charge in [0.05, 0.1) is 5.69 Å². The number of halogens is 1. The molecule has 0 aliphatic rings. The summed E-state index contributed by atoms with van der Waals surface area (Å²) in [7, 11) is 0. The van der Waals surface area contributed by atoms with Gasteiger partial charge in [0.1, 0.15) is 11.3 Å². The Balaban J connectivity index is 2.08. The third-order valence-electron chi connectivity index (χ3n) is 4.49. The maximum absolute atomic E-state index is 13.3. The van der Waals surface area contributed by atoms with Crippen LogP contribution in [0.15, 0.2) is 47.3 Å². The standard InChI is InChI=1S/C20H16FN5O2/c1-10-3-4-11(2)14(9-10)18-23-15(17(22)27)16-19(25-18)26(20(28)24-16)13-7-5-12(21)6-8-13/h3-9H,1-2H3,(H2,22,27)(H,24,28). The average Bonchev–Trinajstić information content (AvgIpc) is 2.99. The van der Waals surface area contributed by atoms with E-state index in [0.717, 1.165) is 16.7 Å². The number of carbonyl (C=O) groups is 1. The van der Waals surface area contributed by atoms with Gasteiger partial charge in [0.25, 0.3) is 5.91 Å². The van der Waals surface area contributed by atoms with Crippen LogP contribution in [0, 0.1) is 19.7 Å². The molecule has 0 unspecified atom stereocenters. The monoisotopic (exact) mass is 377 g/mol. The molecule has 1 amide bonds. The Kier molecular flexibility index (Phi) is 4.03. The summed E-state index contributed by atoms with van der Waals surface area (Å²) in [6.45, 7) is 3.83. The molecule has 2 aromatic carbocycles. The normalized spacial score (nSPS) is 11.1. The van der Waals surface area contributed by atoms with Crippen LogP contribution in [0.5, 0.6) is 0 Å². The minimum Gasteiger partial charge on any atom is -0.364 e. The fourth-order valence-electron chi connectivity index (χ4n) is 3.09. The van der Waals surface area contributed by atoms with Crippen molar-refractivity contribution in [2.75, 3.05) is 0 Å². The number of fused-ring (bicyclic) bond motifs is 1. The fraction of sp³-hybridized carbons (Fsp3) is 0.100. The third-order valence-corrected chi connectivity index (χ3v) is 4.49. The first-order valence-electron chi connectivity index (χ1n) is 8.51. The number of aromatic nitrogens is 4. The summed E-state index contributed by atoms with van der Waals surface area (Å²) >= 11 is 0. The molecule has 4 aromatic rings. The lowest BCUT2D eigenvalue weighted by Gasteiger charge is -2.09. The summed E-state index contributed by atoms with van der Waals surface area (Å²) in [6, 6.07) is 11.2. The summed E-state index contributed by atoms with van der Waals surface area (Å²) in [6.07, 6.45) is 0. The number of aryl methyl sites for hydroxylation is 2. The summed E-state index contributed by atoms with van der Waals surface area (Å²) in [5.41, 5.74) is 8.24. The minimum atomic E-state index is -0.786. The number of primary amides is 1. The predicted molar refractivity (Wildman–Crippen MR) is 103 cm³/mol. The second-order valence-electron chi connectivity index (χ2n) is 6.52. The Hall–Kier alpha value is -3.81. The molecule has 2 aromatic heterocycles. The van der Waals surface area contributed by atoms with Gasteiger partial charge >= 0.3 is 5.69 Å². The molecule has 140 valence electrons. The highest BCUT2D eigenvalue weighted by molar-refractivity contribution is 6.02. The first-order chi connectivity index (χ1) is 13.3. The number of H-pyrrole nitrogens is 1. The van der Waals surface area contributed by atoms with E-state index in [0.29, 0.717) is 5.69 Å². The van der Waals surface area contributed by atoms with Crippen molar-refractivity contribution in [2.24, 2.45) is 5.73 Å². The number of carbonyl (C=O) groups excluding carboxylic acids is 1. The zero-order valence-electron chi connectivity index (χ0n) is 15.2. The van der Waals surface area contributed by atoms with E-state index in [1.165, 1.54) is 28.8 Å². The molecule has 4 rings (SSSR count). The van der Waals surface area contributed by atoms with Gasteiger partial charge in [0, 0.05) is 5.56 Å². The number of nitrogens with one attached hydrogen (secondary N) is 1. The number of nitrogens with zero attached hydrogens (tertiary/aromatic N) is 3. The quantitative estimate of drug-likeness (QED) is 0.572. The zero-order valence-corrected chi connectivity index (χ0v) is 15.2. The van der Waals surface area contributed by atoms with Crippen LogP contribution in [0.3, 0.4) is 0 Å². The molecule has 0 aliphatic heterocycles. The molecule has 0 spiro atoms. The Morgan fingerprint density at radius 3 is 2.50 bits per heavy atom. The van der Waals surface area contributed by atoms with E-state index in [-0.39, 0.29) is 22.7 Å². The van der Waals surface area contributed by atoms with Crippen LogP contribution in [0.2, 0.25) is 0 Å². The SMILES string of the molecule is Cc1ccc(C)c(-c2nc(C(N)=O)c3[nH]c(=O)n(-c4ccc(F)cc4)c3n2)c1. The van der Waals surface area contributed by atoms with E-state index in [1.54, 1.807) is 0 Å². The van der Waals surface area contributed by atoms with Gasteiger partial charge < -0.3 is 10.7 Å². The van der Waals surface area contributed by atoms with Crippen molar-refractivity contribution in [3.63, 3.8) is 0 Å². The Morgan fingerprint density at radius 2 is 1.82 bits per heavy atom. The van der Waals surface area contributed by atoms with Gasteiger partial charge in [0.2, 0.25) is 0 Å². The molecule has 0 aliphatic carbocycles. The van der Waals surface area contributed by atoms with Gasteiger partial charge in [-0.25, -0.2) is 23.7 Å². The maximum atomic E-state index is 13.3. The molecule has 28 heavy (non-hydrogen) atoms. The van der Waals surface area contributed by atoms with Gasteiger partial charge in [-0.1, -0.05) is 17.7 Å². The van der Waals surface area contributed by atoms with Crippen molar-refractivity contribution in [3.05, 3.63) is 75.6 Å². The summed E-state index contributed by atoms with van der Waals surface area (Å²) in [5, 5.41) is 0. The van der Waals surface area contributed by atoms with Gasteiger partial charge in [-0.05, 0) is 49.7 Å². The van der Waals surface area contributed by atoms with Crippen molar-refractivity contribution >= 4 is 17.1 Å². The molecule has 0 saturated carbocycles. The van der Waals surface area contributed by atoms with Gasteiger partial charge in [-0.3, -0.25) is 4.79 Å². The van der Waals surface area contributed by atoms with E-state index in [9.17, 15) is 14.0 Å². The predicted octanol–water partition coefficient (Wildman–Crippen LogP) is 2.63. The Morgan fingerprint density at radius 1 is 1.11 bits per heavy atom. The van der Waals surface area contributed by atoms with Crippen LogP contribution in [0.25, 0.3) is 28.2 Å². The number of imidazole rings is 1. The van der Waals surface area contributed by atoms with Gasteiger partial charge in [-0.2, -0.15) is 0 Å². The molecule has 0 atom stereocenters. The zero-order chi connectivity index (χ0) is 20.0. The lowest BCUT2D eigenvalue weighted by molar-refractivity contribution is 0.0997. The molecule has 0 radical (unpaired) electrons. The van der Waals surface area contributed by atoms with Crippen LogP contribution < -0.4 is 11.4 Å². The van der Waals surface area contributed by atoms with Crippen LogP contribution in [-0.4, -0.2) is 25.4 Å². The van der Waals surface area contributed by atoms with Crippen molar-refractivity contribution in [1.29, 1.82) is 0 Å². The second-order valence-corrected chi connectivity index (χ2v) is 6.52. The first kappa shape index (κ1) is 17.6. The van der Waals surface area contributed by atoms with E-state index in [4.69, 9.17) is 5.73 Å². The van der Waals surface area contributed by atoms with Crippen molar-refractivity contribution < 1.29 is 9.18 Å². The van der Waals surface area contributed by atoms with Gasteiger partial charge in [-0.15, -0.1) is 0 Å². The highest BCUT2D eigenvalue weighted by atomic mass is 19.1. The highest BCUT2D eigenvalue weighted by Crippen LogP contribution is 2.25. The molecule has 8 heteroatoms. The number of nitrogens with two attached hydrogens (primary N) is 1. The largest absolute Gasteiger partial charge is 0.364 e. The van der Waals surface area contributed by atoms with Crippen molar-refractivity contribution in [3.8, 4) is 17.1 Å². The number of rotatable bonds is 3. The third kappa shape index (κ3) is 2.84. The van der Waals surface area contributed by atoms with E-state index >= 15 is 0 Å². The molecule has 2 heterocycles. The van der Waals surface area contributed by atoms with Crippen molar-refractivity contribution in [2.45, 2.75) is 13.8 Å². The van der Waals surface area contributed by atoms with Crippen LogP contribution in [0.1, 0.15) is 21.6 Å². The Labute approximate surface area is 158 Å². The first-order valence-corrected chi connectivity index (χ1v) is 8.51. The van der Waals surface area contributed by atoms with E-state index < -0.39 is 17.4 Å². The smallest absolute Gasteiger partial charge is 0.332 e. The fourth-order valence-corrected chi connectivity index (χ4v) is 3.09. The summed E-state index contributed by atoms with van der Waals surface area (Å²) < 4.78 is 14.6. The van der Waals surface area contributed by atoms with Crippen LogP contribution in [0.4, 0.5) is 4.39 Å². The molecule has 0 fully saturated rings. The second kappa shape index (κ2) is 6.41.